The molecule has 0 radical (unpaired) electrons. The van der Waals surface area contributed by atoms with Gasteiger partial charge < -0.3 is 18.9 Å². The van der Waals surface area contributed by atoms with Gasteiger partial charge in [-0.3, -0.25) is 14.9 Å². The number of hydrogen-bond acceptors (Lipinski definition) is 7. The van der Waals surface area contributed by atoms with Gasteiger partial charge in [0.15, 0.2) is 23.0 Å². The molecule has 3 rings (SSSR count). The van der Waals surface area contributed by atoms with Gasteiger partial charge in [-0.15, -0.1) is 6.58 Å². The topological polar surface area (TPSA) is 83.1 Å². The van der Waals surface area contributed by atoms with E-state index in [1.165, 1.54) is 7.11 Å². The maximum atomic E-state index is 11.7. The van der Waals surface area contributed by atoms with Crippen LogP contribution in [0.2, 0.25) is 0 Å². The van der Waals surface area contributed by atoms with Gasteiger partial charge in [-0.05, 0) is 59.7 Å². The molecule has 0 spiro atoms. The quantitative estimate of drug-likeness (QED) is 0.336. The Morgan fingerprint density at radius 2 is 1.58 bits per heavy atom. The molecule has 0 bridgehead atoms. The molecule has 1 aliphatic heterocycles. The first-order valence-electron chi connectivity index (χ1n) is 9.50. The fraction of sp³-hybridized carbons (Fsp3) is 0.217. The molecule has 1 N–H and O–H groups in total. The van der Waals surface area contributed by atoms with E-state index in [0.717, 1.165) is 29.3 Å². The molecule has 2 aromatic carbocycles. The van der Waals surface area contributed by atoms with Crippen LogP contribution in [0.3, 0.4) is 0 Å². The van der Waals surface area contributed by atoms with E-state index < -0.39 is 5.91 Å². The Hall–Kier alpha value is -3.39. The number of benzene rings is 2. The fourth-order valence-electron chi connectivity index (χ4n) is 2.89. The lowest BCUT2D eigenvalue weighted by molar-refractivity contribution is -0.115. The molecule has 162 valence electrons. The number of methoxy groups -OCH3 is 2. The molecule has 1 heterocycles. The van der Waals surface area contributed by atoms with Crippen LogP contribution in [0.5, 0.6) is 23.0 Å². The second-order valence-corrected chi connectivity index (χ2v) is 7.45. The zero-order chi connectivity index (χ0) is 22.2. The summed E-state index contributed by atoms with van der Waals surface area (Å²) >= 11 is 0.865. The van der Waals surface area contributed by atoms with Gasteiger partial charge >= 0.3 is 0 Å². The van der Waals surface area contributed by atoms with Crippen LogP contribution in [0.15, 0.2) is 54.0 Å². The zero-order valence-electron chi connectivity index (χ0n) is 17.3. The average molecular weight is 442 g/mol. The lowest BCUT2D eigenvalue weighted by atomic mass is 10.1. The highest BCUT2D eigenvalue weighted by molar-refractivity contribution is 8.18. The van der Waals surface area contributed by atoms with Crippen molar-refractivity contribution in [2.45, 2.75) is 6.42 Å². The zero-order valence-corrected chi connectivity index (χ0v) is 18.1. The Bertz CT molecular complexity index is 1020. The molecule has 2 aromatic rings. The predicted octanol–water partition coefficient (Wildman–Crippen LogP) is 4.21. The maximum Gasteiger partial charge on any atom is 0.290 e. The lowest BCUT2D eigenvalue weighted by Gasteiger charge is -2.14. The number of ether oxygens (including phenoxy) is 4. The van der Waals surface area contributed by atoms with E-state index in [2.05, 4.69) is 11.9 Å². The van der Waals surface area contributed by atoms with Crippen molar-refractivity contribution >= 4 is 29.0 Å². The number of allylic oxidation sites excluding steroid dienone is 1. The largest absolute Gasteiger partial charge is 0.493 e. The van der Waals surface area contributed by atoms with E-state index in [0.29, 0.717) is 41.1 Å². The van der Waals surface area contributed by atoms with Crippen LogP contribution in [-0.2, 0) is 11.2 Å². The Labute approximate surface area is 185 Å². The van der Waals surface area contributed by atoms with Gasteiger partial charge in [-0.25, -0.2) is 0 Å². The van der Waals surface area contributed by atoms with Crippen molar-refractivity contribution in [3.05, 3.63) is 65.1 Å². The van der Waals surface area contributed by atoms with E-state index in [1.807, 2.05) is 24.3 Å². The van der Waals surface area contributed by atoms with E-state index in [9.17, 15) is 9.59 Å². The highest BCUT2D eigenvalue weighted by atomic mass is 32.2. The summed E-state index contributed by atoms with van der Waals surface area (Å²) in [6.07, 6.45) is 4.22. The van der Waals surface area contributed by atoms with Crippen LogP contribution in [0, 0.1) is 0 Å². The van der Waals surface area contributed by atoms with Crippen molar-refractivity contribution in [3.8, 4) is 23.0 Å². The number of amides is 2. The number of imide groups is 1. The molecule has 7 nitrogen and oxygen atoms in total. The monoisotopic (exact) mass is 441 g/mol. The highest BCUT2D eigenvalue weighted by Crippen LogP contribution is 2.32. The molecule has 1 saturated heterocycles. The fourth-order valence-corrected chi connectivity index (χ4v) is 3.58. The summed E-state index contributed by atoms with van der Waals surface area (Å²) in [4.78, 5) is 23.3. The van der Waals surface area contributed by atoms with Gasteiger partial charge in [0, 0.05) is 0 Å². The van der Waals surface area contributed by atoms with Gasteiger partial charge in [-0.2, -0.15) is 0 Å². The molecule has 0 unspecified atom stereocenters. The molecule has 8 heteroatoms. The second-order valence-electron chi connectivity index (χ2n) is 6.44. The summed E-state index contributed by atoms with van der Waals surface area (Å²) in [7, 11) is 3.13. The van der Waals surface area contributed by atoms with Gasteiger partial charge in [-0.1, -0.05) is 18.2 Å². The Morgan fingerprint density at radius 1 is 0.935 bits per heavy atom. The van der Waals surface area contributed by atoms with Crippen LogP contribution in [0.25, 0.3) is 6.08 Å². The van der Waals surface area contributed by atoms with E-state index in [4.69, 9.17) is 18.9 Å². The maximum absolute atomic E-state index is 11.7. The molecule has 0 atom stereocenters. The summed E-state index contributed by atoms with van der Waals surface area (Å²) in [5, 5.41) is 1.85. The number of carbonyl (C=O) groups is 2. The van der Waals surface area contributed by atoms with Crippen molar-refractivity contribution in [2.75, 3.05) is 27.4 Å². The molecule has 2 amide bonds. The van der Waals surface area contributed by atoms with Crippen molar-refractivity contribution in [1.29, 1.82) is 0 Å². The smallest absolute Gasteiger partial charge is 0.290 e. The second kappa shape index (κ2) is 10.6. The van der Waals surface area contributed by atoms with Gasteiger partial charge in [0.05, 0.1) is 19.1 Å². The van der Waals surface area contributed by atoms with Crippen molar-refractivity contribution < 1.29 is 28.5 Å². The molecule has 31 heavy (non-hydrogen) atoms. The van der Waals surface area contributed by atoms with Crippen molar-refractivity contribution in [1.82, 2.24) is 5.32 Å². The molecule has 1 aliphatic rings. The van der Waals surface area contributed by atoms with E-state index in [-0.39, 0.29) is 5.24 Å². The summed E-state index contributed by atoms with van der Waals surface area (Å²) in [5.74, 6) is 1.94. The molecule has 0 aliphatic carbocycles. The minimum Gasteiger partial charge on any atom is -0.493 e. The van der Waals surface area contributed by atoms with Crippen LogP contribution < -0.4 is 24.3 Å². The first-order valence-corrected chi connectivity index (χ1v) is 10.3. The van der Waals surface area contributed by atoms with Crippen molar-refractivity contribution in [2.24, 2.45) is 0 Å². The van der Waals surface area contributed by atoms with Gasteiger partial charge in [0.2, 0.25) is 0 Å². The Balaban J connectivity index is 1.59. The number of rotatable bonds is 10. The normalized spacial score (nSPS) is 14.3. The average Bonchev–Trinajstić information content (AvgIpc) is 3.09. The first-order chi connectivity index (χ1) is 15.0. The molecule has 1 fully saturated rings. The molecule has 0 saturated carbocycles. The van der Waals surface area contributed by atoms with Crippen molar-refractivity contribution in [3.63, 3.8) is 0 Å². The number of hydrogen-bond donors (Lipinski definition) is 1. The van der Waals surface area contributed by atoms with E-state index in [1.54, 1.807) is 31.4 Å². The Kier molecular flexibility index (Phi) is 7.61. The standard InChI is InChI=1S/C23H23NO6S/c1-4-5-15-6-8-17(19(12-15)27-2)29-10-11-30-18-9-7-16(13-20(18)28-3)14-21-22(25)24-23(26)31-21/h4,6-9,12-14H,1,5,10-11H2,2-3H3,(H,24,25,26). The molecule has 0 aromatic heterocycles. The molecular formula is C23H23NO6S. The Morgan fingerprint density at radius 3 is 2.16 bits per heavy atom. The molecular weight excluding hydrogens is 418 g/mol. The van der Waals surface area contributed by atoms with Gasteiger partial charge in [0.1, 0.15) is 13.2 Å². The van der Waals surface area contributed by atoms with Gasteiger partial charge in [0.25, 0.3) is 11.1 Å². The number of nitrogens with one attached hydrogen (secondary N) is 1. The minimum atomic E-state index is -0.403. The van der Waals surface area contributed by atoms with E-state index >= 15 is 0 Å². The first kappa shape index (κ1) is 22.3. The predicted molar refractivity (Wildman–Crippen MR) is 120 cm³/mol. The third-order valence-corrected chi connectivity index (χ3v) is 5.14. The minimum absolute atomic E-state index is 0.293. The summed E-state index contributed by atoms with van der Waals surface area (Å²) in [5.41, 5.74) is 1.81. The third-order valence-electron chi connectivity index (χ3n) is 4.33. The SMILES string of the molecule is C=CCc1ccc(OCCOc2ccc(C=C3SC(=O)NC3=O)cc2OC)c(OC)c1. The van der Waals surface area contributed by atoms with Crippen LogP contribution in [0.1, 0.15) is 11.1 Å². The highest BCUT2D eigenvalue weighted by Gasteiger charge is 2.25. The lowest BCUT2D eigenvalue weighted by Crippen LogP contribution is -2.17. The number of carbonyl (C=O) groups excluding carboxylic acids is 2. The number of thioether (sulfide) groups is 1. The summed E-state index contributed by atoms with van der Waals surface area (Å²) in [6, 6.07) is 11.0. The van der Waals surface area contributed by atoms with Crippen LogP contribution in [-0.4, -0.2) is 38.6 Å². The third kappa shape index (κ3) is 5.82. The van der Waals surface area contributed by atoms with Crippen LogP contribution >= 0.6 is 11.8 Å². The summed E-state index contributed by atoms with van der Waals surface area (Å²) < 4.78 is 22.3. The summed E-state index contributed by atoms with van der Waals surface area (Å²) in [6.45, 7) is 4.34. The van der Waals surface area contributed by atoms with Crippen LogP contribution in [0.4, 0.5) is 4.79 Å².